The van der Waals surface area contributed by atoms with Crippen molar-refractivity contribution in [1.29, 1.82) is 0 Å². The fourth-order valence-corrected chi connectivity index (χ4v) is 3.26. The van der Waals surface area contributed by atoms with Gasteiger partial charge in [-0.15, -0.1) is 11.3 Å². The van der Waals surface area contributed by atoms with Gasteiger partial charge in [0.25, 0.3) is 0 Å². The highest BCUT2D eigenvalue weighted by Gasteiger charge is 2.14. The second kappa shape index (κ2) is 6.61. The zero-order valence-corrected chi connectivity index (χ0v) is 13.7. The van der Waals surface area contributed by atoms with Crippen molar-refractivity contribution < 1.29 is 0 Å². The molecule has 0 saturated heterocycles. The van der Waals surface area contributed by atoms with Crippen molar-refractivity contribution >= 4 is 28.6 Å². The monoisotopic (exact) mass is 308 g/mol. The number of rotatable bonds is 5. The van der Waals surface area contributed by atoms with Crippen molar-refractivity contribution in [3.05, 3.63) is 51.2 Å². The minimum Gasteiger partial charge on any atom is -0.364 e. The maximum Gasteiger partial charge on any atom is 0.0525 e. The van der Waals surface area contributed by atoms with Gasteiger partial charge in [0.1, 0.15) is 0 Å². The number of nitrogens with zero attached hydrogens (tertiary/aromatic N) is 1. The van der Waals surface area contributed by atoms with E-state index in [9.17, 15) is 0 Å². The van der Waals surface area contributed by atoms with Gasteiger partial charge in [-0.25, -0.2) is 0 Å². The molecule has 2 rings (SSSR count). The van der Waals surface area contributed by atoms with Gasteiger partial charge in [0.15, 0.2) is 0 Å². The zero-order valence-electron chi connectivity index (χ0n) is 12.1. The maximum atomic E-state index is 6.35. The molecule has 1 atom stereocenters. The molecule has 0 spiro atoms. The third-order valence-electron chi connectivity index (χ3n) is 3.34. The van der Waals surface area contributed by atoms with E-state index in [-0.39, 0.29) is 6.04 Å². The Morgan fingerprint density at radius 1 is 1.25 bits per heavy atom. The van der Waals surface area contributed by atoms with Crippen LogP contribution in [0, 0.1) is 0 Å². The predicted molar refractivity (Wildman–Crippen MR) is 89.7 cm³/mol. The van der Waals surface area contributed by atoms with Gasteiger partial charge in [0, 0.05) is 27.7 Å². The minimum absolute atomic E-state index is 0.0404. The number of thiophene rings is 1. The Labute approximate surface area is 130 Å². The highest BCUT2D eigenvalue weighted by Crippen LogP contribution is 2.29. The van der Waals surface area contributed by atoms with Crippen LogP contribution in [0.2, 0.25) is 5.02 Å². The number of anilines is 1. The van der Waals surface area contributed by atoms with Crippen molar-refractivity contribution in [2.45, 2.75) is 39.4 Å². The molecule has 0 aliphatic rings. The van der Waals surface area contributed by atoms with Gasteiger partial charge in [0.2, 0.25) is 0 Å². The molecular weight excluding hydrogens is 288 g/mol. The van der Waals surface area contributed by atoms with Crippen molar-refractivity contribution in [1.82, 2.24) is 0 Å². The van der Waals surface area contributed by atoms with Crippen LogP contribution in [0.5, 0.6) is 0 Å². The van der Waals surface area contributed by atoms with E-state index in [4.69, 9.17) is 17.3 Å². The van der Waals surface area contributed by atoms with Crippen LogP contribution in [-0.4, -0.2) is 6.04 Å². The first kappa shape index (κ1) is 15.4. The molecule has 1 aromatic carbocycles. The van der Waals surface area contributed by atoms with Crippen LogP contribution < -0.4 is 10.6 Å². The molecule has 108 valence electrons. The molecule has 0 saturated carbocycles. The van der Waals surface area contributed by atoms with E-state index in [1.54, 1.807) is 11.3 Å². The maximum absolute atomic E-state index is 6.35. The lowest BCUT2D eigenvalue weighted by Gasteiger charge is -2.29. The third kappa shape index (κ3) is 3.54. The molecular formula is C16H21ClN2S. The van der Waals surface area contributed by atoms with Gasteiger partial charge in [-0.1, -0.05) is 23.7 Å². The van der Waals surface area contributed by atoms with Gasteiger partial charge >= 0.3 is 0 Å². The second-order valence-corrected chi connectivity index (χ2v) is 6.73. The van der Waals surface area contributed by atoms with Crippen molar-refractivity contribution in [2.75, 3.05) is 4.90 Å². The predicted octanol–water partition coefficient (Wildman–Crippen LogP) is 4.84. The topological polar surface area (TPSA) is 29.3 Å². The summed E-state index contributed by atoms with van der Waals surface area (Å²) in [6, 6.07) is 10.8. The summed E-state index contributed by atoms with van der Waals surface area (Å²) < 4.78 is 0. The molecule has 4 heteroatoms. The smallest absolute Gasteiger partial charge is 0.0525 e. The lowest BCUT2D eigenvalue weighted by molar-refractivity contribution is 0.686. The molecule has 2 N–H and O–H groups in total. The molecule has 0 fully saturated rings. The molecule has 0 aliphatic carbocycles. The molecule has 2 nitrogen and oxygen atoms in total. The highest BCUT2D eigenvalue weighted by molar-refractivity contribution is 7.09. The number of halogens is 1. The van der Waals surface area contributed by atoms with Gasteiger partial charge in [-0.3, -0.25) is 0 Å². The number of benzene rings is 1. The minimum atomic E-state index is -0.0404. The largest absolute Gasteiger partial charge is 0.364 e. The van der Waals surface area contributed by atoms with Crippen LogP contribution in [0.3, 0.4) is 0 Å². The van der Waals surface area contributed by atoms with E-state index >= 15 is 0 Å². The molecule has 2 aromatic rings. The summed E-state index contributed by atoms with van der Waals surface area (Å²) >= 11 is 8.13. The van der Waals surface area contributed by atoms with Crippen LogP contribution in [0.25, 0.3) is 0 Å². The Morgan fingerprint density at radius 3 is 2.50 bits per heavy atom. The first-order valence-corrected chi connectivity index (χ1v) is 8.09. The molecule has 0 radical (unpaired) electrons. The van der Waals surface area contributed by atoms with Crippen LogP contribution in [0.4, 0.5) is 5.69 Å². The van der Waals surface area contributed by atoms with E-state index in [0.29, 0.717) is 6.04 Å². The van der Waals surface area contributed by atoms with Gasteiger partial charge in [0.05, 0.1) is 6.54 Å². The average molecular weight is 309 g/mol. The van der Waals surface area contributed by atoms with Crippen molar-refractivity contribution in [3.63, 3.8) is 0 Å². The zero-order chi connectivity index (χ0) is 14.7. The molecule has 1 heterocycles. The Morgan fingerprint density at radius 2 is 2.00 bits per heavy atom. The second-order valence-electron chi connectivity index (χ2n) is 5.30. The Balaban J connectivity index is 2.28. The van der Waals surface area contributed by atoms with E-state index in [1.165, 1.54) is 4.88 Å². The van der Waals surface area contributed by atoms with Gasteiger partial charge in [-0.2, -0.15) is 0 Å². The quantitative estimate of drug-likeness (QED) is 0.856. The Kier molecular flexibility index (Phi) is 5.08. The fraction of sp³-hybridized carbons (Fsp3) is 0.375. The summed E-state index contributed by atoms with van der Waals surface area (Å²) in [5.74, 6) is 0. The number of hydrogen-bond donors (Lipinski definition) is 1. The van der Waals surface area contributed by atoms with E-state index in [0.717, 1.165) is 22.8 Å². The average Bonchev–Trinajstić information content (AvgIpc) is 2.87. The standard InChI is InChI=1S/C16H21ClN2S/c1-11(2)19(10-14-5-4-8-20-14)13-6-7-15(12(3)18)16(17)9-13/h4-9,11-12H,10,18H2,1-3H3. The third-order valence-corrected chi connectivity index (χ3v) is 4.52. The lowest BCUT2D eigenvalue weighted by Crippen LogP contribution is -2.29. The van der Waals surface area contributed by atoms with Crippen LogP contribution >= 0.6 is 22.9 Å². The SMILES string of the molecule is CC(N)c1ccc(N(Cc2cccs2)C(C)C)cc1Cl. The van der Waals surface area contributed by atoms with Crippen molar-refractivity contribution in [2.24, 2.45) is 5.73 Å². The normalized spacial score (nSPS) is 12.7. The Hall–Kier alpha value is -1.03. The molecule has 0 bridgehead atoms. The summed E-state index contributed by atoms with van der Waals surface area (Å²) in [4.78, 5) is 3.70. The number of nitrogens with two attached hydrogens (primary N) is 1. The summed E-state index contributed by atoms with van der Waals surface area (Å²) in [6.45, 7) is 7.25. The highest BCUT2D eigenvalue weighted by atomic mass is 35.5. The fourth-order valence-electron chi connectivity index (χ4n) is 2.21. The summed E-state index contributed by atoms with van der Waals surface area (Å²) in [5.41, 5.74) is 8.05. The molecule has 0 amide bonds. The first-order chi connectivity index (χ1) is 9.49. The van der Waals surface area contributed by atoms with Crippen LogP contribution in [0.15, 0.2) is 35.7 Å². The summed E-state index contributed by atoms with van der Waals surface area (Å²) in [6.07, 6.45) is 0. The first-order valence-electron chi connectivity index (χ1n) is 6.83. The van der Waals surface area contributed by atoms with Crippen LogP contribution in [0.1, 0.15) is 37.3 Å². The molecule has 0 aliphatic heterocycles. The molecule has 1 aromatic heterocycles. The van der Waals surface area contributed by atoms with E-state index < -0.39 is 0 Å². The molecule has 1 unspecified atom stereocenters. The van der Waals surface area contributed by atoms with Crippen molar-refractivity contribution in [3.8, 4) is 0 Å². The number of hydrogen-bond acceptors (Lipinski definition) is 3. The van der Waals surface area contributed by atoms with E-state index in [2.05, 4.69) is 42.3 Å². The Bertz CT molecular complexity index is 550. The summed E-state index contributed by atoms with van der Waals surface area (Å²) in [7, 11) is 0. The molecule has 20 heavy (non-hydrogen) atoms. The summed E-state index contributed by atoms with van der Waals surface area (Å²) in [5, 5.41) is 2.86. The van der Waals surface area contributed by atoms with Gasteiger partial charge < -0.3 is 10.6 Å². The van der Waals surface area contributed by atoms with E-state index in [1.807, 2.05) is 19.1 Å². The van der Waals surface area contributed by atoms with Crippen LogP contribution in [-0.2, 0) is 6.54 Å². The lowest BCUT2D eigenvalue weighted by atomic mass is 10.1. The van der Waals surface area contributed by atoms with Gasteiger partial charge in [-0.05, 0) is 49.9 Å².